The van der Waals surface area contributed by atoms with Crippen molar-refractivity contribution >= 4 is 18.8 Å². The Labute approximate surface area is 45.9 Å². The van der Waals surface area contributed by atoms with Crippen LogP contribution in [-0.2, 0) is 0 Å². The van der Waals surface area contributed by atoms with E-state index < -0.39 is 4.99 Å². The van der Waals surface area contributed by atoms with Crippen LogP contribution in [-0.4, -0.2) is 11.2 Å². The van der Waals surface area contributed by atoms with Gasteiger partial charge in [-0.1, -0.05) is 0 Å². The molecule has 1 aliphatic heterocycles. The van der Waals surface area contributed by atoms with Crippen molar-refractivity contribution in [3.8, 4) is 0 Å². The highest BCUT2D eigenvalue weighted by atomic mass is 32.1. The van der Waals surface area contributed by atoms with Gasteiger partial charge in [-0.05, 0) is 5.22 Å². The summed E-state index contributed by atoms with van der Waals surface area (Å²) in [7, 11) is 0. The Morgan fingerprint density at radius 3 is 2.57 bits per heavy atom. The Hall–Kier alpha value is -0.420. The fourth-order valence-electron chi connectivity index (χ4n) is 0.234. The van der Waals surface area contributed by atoms with E-state index in [9.17, 15) is 0 Å². The van der Waals surface area contributed by atoms with E-state index in [4.69, 9.17) is 5.73 Å². The van der Waals surface area contributed by atoms with Gasteiger partial charge in [-0.3, -0.25) is 5.73 Å². The lowest BCUT2D eigenvalue weighted by atomic mass is 10.6. The van der Waals surface area contributed by atoms with Crippen molar-refractivity contribution in [1.82, 2.24) is 0 Å². The smallest absolute Gasteiger partial charge is 0.213 e. The summed E-state index contributed by atoms with van der Waals surface area (Å²) in [6, 6.07) is 0. The first-order valence-electron chi connectivity index (χ1n) is 1.68. The van der Waals surface area contributed by atoms with Gasteiger partial charge in [-0.25, -0.2) is 0 Å². The third-order valence-corrected chi connectivity index (χ3v) is 0.709. The van der Waals surface area contributed by atoms with Gasteiger partial charge in [0.05, 0.1) is 6.21 Å². The number of nitrogens with two attached hydrogens (primary N) is 1. The van der Waals surface area contributed by atoms with Gasteiger partial charge in [-0.15, -0.1) is 22.8 Å². The van der Waals surface area contributed by atoms with Crippen molar-refractivity contribution in [2.24, 2.45) is 21.2 Å². The molecule has 0 spiro atoms. The molecule has 0 aromatic carbocycles. The first kappa shape index (κ1) is 4.73. The van der Waals surface area contributed by atoms with Crippen LogP contribution in [0, 0.1) is 0 Å². The van der Waals surface area contributed by atoms with Crippen molar-refractivity contribution in [1.29, 1.82) is 0 Å². The van der Waals surface area contributed by atoms with Crippen molar-refractivity contribution in [2.75, 3.05) is 0 Å². The molecule has 5 heteroatoms. The lowest BCUT2D eigenvalue weighted by Gasteiger charge is -2.01. The lowest BCUT2D eigenvalue weighted by molar-refractivity contribution is 0.829. The summed E-state index contributed by atoms with van der Waals surface area (Å²) in [5, 5.41) is 10.0. The van der Waals surface area contributed by atoms with Crippen LogP contribution in [0.5, 0.6) is 0 Å². The Bertz CT molecular complexity index is 112. The molecule has 0 saturated carbocycles. The molecule has 1 aliphatic rings. The predicted molar refractivity (Wildman–Crippen MR) is 29.3 cm³/mol. The maximum Gasteiger partial charge on any atom is 0.213 e. The van der Waals surface area contributed by atoms with Gasteiger partial charge < -0.3 is 0 Å². The zero-order valence-corrected chi connectivity index (χ0v) is 4.34. The van der Waals surface area contributed by atoms with Crippen molar-refractivity contribution in [3.63, 3.8) is 0 Å². The summed E-state index contributed by atoms with van der Waals surface area (Å²) in [5.74, 6) is 0. The second-order valence-corrected chi connectivity index (χ2v) is 1.93. The number of nitrogens with zero attached hydrogens (tertiary/aromatic N) is 3. The van der Waals surface area contributed by atoms with Crippen molar-refractivity contribution in [2.45, 2.75) is 4.99 Å². The molecule has 2 N–H and O–H groups in total. The SMILES string of the molecule is NC1(S)C=NN=N1. The van der Waals surface area contributed by atoms with E-state index in [2.05, 4.69) is 28.1 Å². The molecule has 0 aliphatic carbocycles. The van der Waals surface area contributed by atoms with Crippen LogP contribution in [0.15, 0.2) is 15.4 Å². The Morgan fingerprint density at radius 2 is 2.43 bits per heavy atom. The topological polar surface area (TPSA) is 63.1 Å². The zero-order valence-electron chi connectivity index (χ0n) is 3.44. The van der Waals surface area contributed by atoms with Gasteiger partial charge in [-0.2, -0.15) is 0 Å². The number of rotatable bonds is 0. The van der Waals surface area contributed by atoms with E-state index in [1.165, 1.54) is 6.21 Å². The molecule has 4 nitrogen and oxygen atoms in total. The first-order valence-corrected chi connectivity index (χ1v) is 2.13. The summed E-state index contributed by atoms with van der Waals surface area (Å²) in [6.45, 7) is 0. The van der Waals surface area contributed by atoms with E-state index in [0.717, 1.165) is 0 Å². The molecule has 1 unspecified atom stereocenters. The molecule has 7 heavy (non-hydrogen) atoms. The molecule has 1 rings (SSSR count). The minimum absolute atomic E-state index is 0.944. The monoisotopic (exact) mass is 116 g/mol. The van der Waals surface area contributed by atoms with Gasteiger partial charge >= 0.3 is 0 Å². The van der Waals surface area contributed by atoms with Crippen molar-refractivity contribution < 1.29 is 0 Å². The molecule has 0 saturated heterocycles. The normalized spacial score (nSPS) is 37.4. The third kappa shape index (κ3) is 0.971. The fraction of sp³-hybridized carbons (Fsp3) is 0.500. The molecule has 0 radical (unpaired) electrons. The van der Waals surface area contributed by atoms with E-state index >= 15 is 0 Å². The fourth-order valence-corrected chi connectivity index (χ4v) is 0.326. The average molecular weight is 116 g/mol. The lowest BCUT2D eigenvalue weighted by Crippen LogP contribution is -2.29. The van der Waals surface area contributed by atoms with Gasteiger partial charge in [0.2, 0.25) is 4.99 Å². The highest BCUT2D eigenvalue weighted by Crippen LogP contribution is 2.09. The predicted octanol–water partition coefficient (Wildman–Crippen LogP) is -0.0197. The largest absolute Gasteiger partial charge is 0.292 e. The van der Waals surface area contributed by atoms with Crippen LogP contribution in [0.1, 0.15) is 0 Å². The second-order valence-electron chi connectivity index (χ2n) is 1.22. The Balaban J connectivity index is 2.77. The summed E-state index contributed by atoms with van der Waals surface area (Å²) in [4.78, 5) is -0.944. The molecule has 0 aromatic heterocycles. The summed E-state index contributed by atoms with van der Waals surface area (Å²) < 4.78 is 0. The van der Waals surface area contributed by atoms with Gasteiger partial charge in [0.1, 0.15) is 0 Å². The van der Waals surface area contributed by atoms with Gasteiger partial charge in [0, 0.05) is 0 Å². The maximum absolute atomic E-state index is 5.23. The van der Waals surface area contributed by atoms with Crippen molar-refractivity contribution in [3.05, 3.63) is 0 Å². The molecule has 38 valence electrons. The third-order valence-electron chi connectivity index (χ3n) is 0.504. The number of hydrogen-bond donors (Lipinski definition) is 2. The van der Waals surface area contributed by atoms with Crippen LogP contribution in [0.2, 0.25) is 0 Å². The van der Waals surface area contributed by atoms with E-state index in [1.54, 1.807) is 0 Å². The summed E-state index contributed by atoms with van der Waals surface area (Å²) in [6.07, 6.45) is 1.36. The van der Waals surface area contributed by atoms with Gasteiger partial charge in [0.25, 0.3) is 0 Å². The second kappa shape index (κ2) is 1.28. The van der Waals surface area contributed by atoms with Crippen LogP contribution in [0.3, 0.4) is 0 Å². The van der Waals surface area contributed by atoms with Gasteiger partial charge in [0.15, 0.2) is 0 Å². The molecule has 0 amide bonds. The van der Waals surface area contributed by atoms with E-state index in [1.807, 2.05) is 0 Å². The van der Waals surface area contributed by atoms with E-state index in [-0.39, 0.29) is 0 Å². The Morgan fingerprint density at radius 1 is 1.71 bits per heavy atom. The number of hydrogen-bond acceptors (Lipinski definition) is 5. The van der Waals surface area contributed by atoms with Crippen LogP contribution < -0.4 is 5.73 Å². The number of thiol groups is 1. The minimum Gasteiger partial charge on any atom is -0.292 e. The molecular weight excluding hydrogens is 112 g/mol. The molecular formula is C2H4N4S. The molecule has 1 atom stereocenters. The first-order chi connectivity index (χ1) is 3.21. The van der Waals surface area contributed by atoms with Crippen LogP contribution >= 0.6 is 12.6 Å². The Kier molecular flexibility index (Phi) is 0.862. The maximum atomic E-state index is 5.23. The molecule has 1 heterocycles. The molecule has 0 aromatic rings. The highest BCUT2D eigenvalue weighted by Gasteiger charge is 2.17. The van der Waals surface area contributed by atoms with Crippen LogP contribution in [0.4, 0.5) is 0 Å². The standard InChI is InChI=1S/C2H4N4S/c3-2(7)1-4-6-5-2/h1,7H,3H2. The zero-order chi connectivity index (χ0) is 5.33. The molecule has 0 bridgehead atoms. The summed E-state index contributed by atoms with van der Waals surface area (Å²) in [5.41, 5.74) is 5.23. The minimum atomic E-state index is -0.944. The summed E-state index contributed by atoms with van der Waals surface area (Å²) >= 11 is 3.82. The molecule has 0 fully saturated rings. The highest BCUT2D eigenvalue weighted by molar-refractivity contribution is 7.82. The quantitative estimate of drug-likeness (QED) is 0.339. The van der Waals surface area contributed by atoms with E-state index in [0.29, 0.717) is 0 Å². The average Bonchev–Trinajstić information content (AvgIpc) is 1.84. The van der Waals surface area contributed by atoms with Crippen LogP contribution in [0.25, 0.3) is 0 Å².